The molecule has 0 spiro atoms. The lowest BCUT2D eigenvalue weighted by Crippen LogP contribution is -2.35. The van der Waals surface area contributed by atoms with Crippen molar-refractivity contribution in [3.05, 3.63) is 95.8 Å². The molecule has 31 heavy (non-hydrogen) atoms. The lowest BCUT2D eigenvalue weighted by Gasteiger charge is -2.13. The van der Waals surface area contributed by atoms with E-state index < -0.39 is 12.1 Å². The minimum atomic E-state index is -0.907. The number of esters is 1. The van der Waals surface area contributed by atoms with Crippen LogP contribution in [-0.2, 0) is 16.1 Å². The van der Waals surface area contributed by atoms with Gasteiger partial charge in [-0.25, -0.2) is 9.78 Å². The lowest BCUT2D eigenvalue weighted by atomic mass is 10.2. The number of benzene rings is 3. The Morgan fingerprint density at radius 3 is 2.39 bits per heavy atom. The van der Waals surface area contributed by atoms with Crippen molar-refractivity contribution < 1.29 is 14.3 Å². The van der Waals surface area contributed by atoms with Crippen molar-refractivity contribution in [2.24, 2.45) is 0 Å². The summed E-state index contributed by atoms with van der Waals surface area (Å²) in [5, 5.41) is 2.78. The van der Waals surface area contributed by atoms with E-state index in [-0.39, 0.29) is 5.91 Å². The van der Waals surface area contributed by atoms with Crippen LogP contribution in [0.15, 0.2) is 78.9 Å². The van der Waals surface area contributed by atoms with Gasteiger partial charge in [-0.15, -0.1) is 0 Å². The van der Waals surface area contributed by atoms with E-state index in [1.165, 1.54) is 0 Å². The molecule has 0 aliphatic heterocycles. The molecule has 6 heteroatoms. The van der Waals surface area contributed by atoms with Gasteiger partial charge in [0.25, 0.3) is 5.91 Å². The largest absolute Gasteiger partial charge is 0.449 e. The number of fused-ring (bicyclic) bond motifs is 1. The van der Waals surface area contributed by atoms with Crippen LogP contribution >= 0.6 is 0 Å². The van der Waals surface area contributed by atoms with E-state index >= 15 is 0 Å². The number of hydrogen-bond donors (Lipinski definition) is 1. The molecule has 0 saturated carbocycles. The highest BCUT2D eigenvalue weighted by molar-refractivity contribution is 5.95. The van der Waals surface area contributed by atoms with Crippen molar-refractivity contribution >= 4 is 22.9 Å². The number of carbonyl (C=O) groups excluding carboxylic acids is 2. The molecule has 1 atom stereocenters. The van der Waals surface area contributed by atoms with Crippen molar-refractivity contribution in [3.8, 4) is 5.69 Å². The third kappa shape index (κ3) is 4.48. The summed E-state index contributed by atoms with van der Waals surface area (Å²) in [5.74, 6) is -0.0842. The number of rotatable bonds is 6. The summed E-state index contributed by atoms with van der Waals surface area (Å²) in [5.41, 5.74) is 3.92. The first-order valence-electron chi connectivity index (χ1n) is 10.1. The Hall–Kier alpha value is -3.93. The molecule has 1 heterocycles. The minimum absolute atomic E-state index is 0.345. The van der Waals surface area contributed by atoms with Gasteiger partial charge in [0, 0.05) is 12.2 Å². The first kappa shape index (κ1) is 20.3. The van der Waals surface area contributed by atoms with Crippen LogP contribution in [0.5, 0.6) is 0 Å². The Bertz CT molecular complexity index is 1220. The molecule has 0 radical (unpaired) electrons. The molecule has 0 fully saturated rings. The second kappa shape index (κ2) is 8.83. The average Bonchev–Trinajstić information content (AvgIpc) is 3.13. The van der Waals surface area contributed by atoms with E-state index in [4.69, 9.17) is 4.74 Å². The predicted molar refractivity (Wildman–Crippen MR) is 119 cm³/mol. The van der Waals surface area contributed by atoms with Crippen molar-refractivity contribution in [3.63, 3.8) is 0 Å². The number of amides is 1. The zero-order valence-electron chi connectivity index (χ0n) is 17.4. The maximum absolute atomic E-state index is 12.6. The zero-order chi connectivity index (χ0) is 21.8. The minimum Gasteiger partial charge on any atom is -0.449 e. The SMILES string of the molecule is Cc1nc2cc(C(=O)OC(C)C(=O)NCc3ccccc3)ccc2n1-c1ccccc1. The van der Waals surface area contributed by atoms with Crippen LogP contribution in [-0.4, -0.2) is 27.5 Å². The van der Waals surface area contributed by atoms with Crippen molar-refractivity contribution in [2.75, 3.05) is 0 Å². The molecule has 0 bridgehead atoms. The van der Waals surface area contributed by atoms with Crippen LogP contribution < -0.4 is 5.32 Å². The maximum atomic E-state index is 12.6. The van der Waals surface area contributed by atoms with Gasteiger partial charge in [-0.05, 0) is 49.7 Å². The Morgan fingerprint density at radius 2 is 1.68 bits per heavy atom. The van der Waals surface area contributed by atoms with Gasteiger partial charge in [0.15, 0.2) is 6.10 Å². The molecule has 1 aromatic heterocycles. The lowest BCUT2D eigenvalue weighted by molar-refractivity contribution is -0.129. The monoisotopic (exact) mass is 413 g/mol. The van der Waals surface area contributed by atoms with Gasteiger partial charge in [0.1, 0.15) is 5.82 Å². The molecule has 1 amide bonds. The molecular formula is C25H23N3O3. The van der Waals surface area contributed by atoms with Gasteiger partial charge in [0.05, 0.1) is 16.6 Å². The number of para-hydroxylation sites is 1. The van der Waals surface area contributed by atoms with Crippen molar-refractivity contribution in [1.29, 1.82) is 0 Å². The van der Waals surface area contributed by atoms with Crippen LogP contribution in [0, 0.1) is 6.92 Å². The molecule has 1 unspecified atom stereocenters. The fourth-order valence-corrected chi connectivity index (χ4v) is 3.44. The smallest absolute Gasteiger partial charge is 0.338 e. The fraction of sp³-hybridized carbons (Fsp3) is 0.160. The zero-order valence-corrected chi connectivity index (χ0v) is 17.4. The third-order valence-corrected chi connectivity index (χ3v) is 5.03. The first-order chi connectivity index (χ1) is 15.0. The Morgan fingerprint density at radius 1 is 1.00 bits per heavy atom. The average molecular weight is 413 g/mol. The molecule has 6 nitrogen and oxygen atoms in total. The maximum Gasteiger partial charge on any atom is 0.338 e. The second-order valence-corrected chi connectivity index (χ2v) is 7.28. The number of nitrogens with zero attached hydrogens (tertiary/aromatic N) is 2. The van der Waals surface area contributed by atoms with E-state index in [1.54, 1.807) is 19.1 Å². The topological polar surface area (TPSA) is 73.2 Å². The van der Waals surface area contributed by atoms with Crippen LogP contribution in [0.3, 0.4) is 0 Å². The van der Waals surface area contributed by atoms with Gasteiger partial charge < -0.3 is 10.1 Å². The Balaban J connectivity index is 1.46. The molecule has 1 N–H and O–H groups in total. The van der Waals surface area contributed by atoms with E-state index in [1.807, 2.05) is 78.2 Å². The highest BCUT2D eigenvalue weighted by Gasteiger charge is 2.20. The number of aryl methyl sites for hydroxylation is 1. The molecule has 0 aliphatic carbocycles. The summed E-state index contributed by atoms with van der Waals surface area (Å²) >= 11 is 0. The van der Waals surface area contributed by atoms with Crippen molar-refractivity contribution in [2.45, 2.75) is 26.5 Å². The first-order valence-corrected chi connectivity index (χ1v) is 10.1. The van der Waals surface area contributed by atoms with Crippen LogP contribution in [0.25, 0.3) is 16.7 Å². The molecular weight excluding hydrogens is 390 g/mol. The molecule has 3 aromatic carbocycles. The molecule has 156 valence electrons. The van der Waals surface area contributed by atoms with Gasteiger partial charge in [-0.2, -0.15) is 0 Å². The Kier molecular flexibility index (Phi) is 5.80. The number of aromatic nitrogens is 2. The van der Waals surface area contributed by atoms with E-state index in [0.29, 0.717) is 17.6 Å². The van der Waals surface area contributed by atoms with Crippen LogP contribution in [0.2, 0.25) is 0 Å². The molecule has 4 aromatic rings. The van der Waals surface area contributed by atoms with Crippen molar-refractivity contribution in [1.82, 2.24) is 14.9 Å². The summed E-state index contributed by atoms with van der Waals surface area (Å²) in [6, 6.07) is 24.7. The summed E-state index contributed by atoms with van der Waals surface area (Å²) in [7, 11) is 0. The third-order valence-electron chi connectivity index (χ3n) is 5.03. The highest BCUT2D eigenvalue weighted by Crippen LogP contribution is 2.22. The van der Waals surface area contributed by atoms with E-state index in [2.05, 4.69) is 10.3 Å². The standard InChI is InChI=1S/C25H23N3O3/c1-17(24(29)26-16-19-9-5-3-6-10-19)31-25(30)20-13-14-23-22(15-20)27-18(2)28(23)21-11-7-4-8-12-21/h3-15,17H,16H2,1-2H3,(H,26,29). The van der Waals surface area contributed by atoms with E-state index in [9.17, 15) is 9.59 Å². The highest BCUT2D eigenvalue weighted by atomic mass is 16.5. The Labute approximate surface area is 180 Å². The van der Waals surface area contributed by atoms with Gasteiger partial charge in [-0.1, -0.05) is 48.5 Å². The number of imidazole rings is 1. The second-order valence-electron chi connectivity index (χ2n) is 7.28. The normalized spacial score (nSPS) is 11.8. The van der Waals surface area contributed by atoms with Crippen LogP contribution in [0.1, 0.15) is 28.7 Å². The fourth-order valence-electron chi connectivity index (χ4n) is 3.44. The quantitative estimate of drug-likeness (QED) is 0.481. The number of ether oxygens (including phenoxy) is 1. The summed E-state index contributed by atoms with van der Waals surface area (Å²) < 4.78 is 7.40. The summed E-state index contributed by atoms with van der Waals surface area (Å²) in [4.78, 5) is 29.5. The predicted octanol–water partition coefficient (Wildman–Crippen LogP) is 4.20. The van der Waals surface area contributed by atoms with E-state index in [0.717, 1.165) is 22.6 Å². The van der Waals surface area contributed by atoms with Crippen LogP contribution in [0.4, 0.5) is 0 Å². The van der Waals surface area contributed by atoms with Gasteiger partial charge in [0.2, 0.25) is 0 Å². The molecule has 0 saturated heterocycles. The molecule has 4 rings (SSSR count). The summed E-state index contributed by atoms with van der Waals surface area (Å²) in [6.45, 7) is 3.86. The number of hydrogen-bond acceptors (Lipinski definition) is 4. The van der Waals surface area contributed by atoms with Gasteiger partial charge >= 0.3 is 5.97 Å². The van der Waals surface area contributed by atoms with Gasteiger partial charge in [-0.3, -0.25) is 9.36 Å². The summed E-state index contributed by atoms with van der Waals surface area (Å²) in [6.07, 6.45) is -0.907. The molecule has 0 aliphatic rings. The number of nitrogens with one attached hydrogen (secondary N) is 1. The number of carbonyl (C=O) groups is 2.